The standard InChI is InChI=1S/C9H9BrN4OS/c1-5-7(10)8(15)14(4-12-5)2-6-3-16-9(11)13-6/h3-4H,2H2,1H3,(H2,11,13). The van der Waals surface area contributed by atoms with E-state index in [9.17, 15) is 4.79 Å². The van der Waals surface area contributed by atoms with E-state index in [4.69, 9.17) is 5.73 Å². The summed E-state index contributed by atoms with van der Waals surface area (Å²) in [4.78, 5) is 20.0. The van der Waals surface area contributed by atoms with Crippen molar-refractivity contribution in [3.8, 4) is 0 Å². The molecule has 0 saturated carbocycles. The molecule has 84 valence electrons. The third kappa shape index (κ3) is 2.14. The number of nitrogens with zero attached hydrogens (tertiary/aromatic N) is 3. The summed E-state index contributed by atoms with van der Waals surface area (Å²) in [5.74, 6) is 0. The van der Waals surface area contributed by atoms with Crippen LogP contribution in [0.2, 0.25) is 0 Å². The molecule has 0 spiro atoms. The molecule has 0 aromatic carbocycles. The van der Waals surface area contributed by atoms with E-state index < -0.39 is 0 Å². The Bertz CT molecular complexity index is 577. The number of thiazole rings is 1. The molecule has 0 saturated heterocycles. The fraction of sp³-hybridized carbons (Fsp3) is 0.222. The Morgan fingerprint density at radius 3 is 3.00 bits per heavy atom. The zero-order valence-corrected chi connectivity index (χ0v) is 10.9. The summed E-state index contributed by atoms with van der Waals surface area (Å²) in [5, 5.41) is 2.33. The zero-order valence-electron chi connectivity index (χ0n) is 8.48. The first kappa shape index (κ1) is 11.3. The van der Waals surface area contributed by atoms with Gasteiger partial charge in [-0.2, -0.15) is 0 Å². The summed E-state index contributed by atoms with van der Waals surface area (Å²) in [6, 6.07) is 0. The van der Waals surface area contributed by atoms with Crippen LogP contribution in [0, 0.1) is 6.92 Å². The fourth-order valence-electron chi connectivity index (χ4n) is 1.23. The SMILES string of the molecule is Cc1ncn(Cc2csc(N)n2)c(=O)c1Br. The molecule has 2 aromatic heterocycles. The van der Waals surface area contributed by atoms with Crippen molar-refractivity contribution in [1.82, 2.24) is 14.5 Å². The van der Waals surface area contributed by atoms with Gasteiger partial charge in [-0.25, -0.2) is 9.97 Å². The van der Waals surface area contributed by atoms with Gasteiger partial charge in [-0.1, -0.05) is 0 Å². The Hall–Kier alpha value is -1.21. The van der Waals surface area contributed by atoms with Crippen LogP contribution < -0.4 is 11.3 Å². The highest BCUT2D eigenvalue weighted by Crippen LogP contribution is 2.12. The fourth-order valence-corrected chi connectivity index (χ4v) is 2.11. The van der Waals surface area contributed by atoms with Gasteiger partial charge >= 0.3 is 0 Å². The second-order valence-electron chi connectivity index (χ2n) is 3.25. The van der Waals surface area contributed by atoms with Crippen molar-refractivity contribution in [2.75, 3.05) is 5.73 Å². The van der Waals surface area contributed by atoms with E-state index in [1.54, 1.807) is 6.92 Å². The minimum atomic E-state index is -0.112. The number of nitrogens with two attached hydrogens (primary N) is 1. The normalized spacial score (nSPS) is 10.6. The average Bonchev–Trinajstić information content (AvgIpc) is 2.65. The number of hydrogen-bond donors (Lipinski definition) is 1. The summed E-state index contributed by atoms with van der Waals surface area (Å²) >= 11 is 4.57. The predicted octanol–water partition coefficient (Wildman–Crippen LogP) is 1.40. The zero-order chi connectivity index (χ0) is 11.7. The van der Waals surface area contributed by atoms with E-state index >= 15 is 0 Å². The Balaban J connectivity index is 2.36. The van der Waals surface area contributed by atoms with Gasteiger partial charge in [0, 0.05) is 5.38 Å². The topological polar surface area (TPSA) is 73.8 Å². The average molecular weight is 301 g/mol. The molecule has 5 nitrogen and oxygen atoms in total. The minimum Gasteiger partial charge on any atom is -0.375 e. The molecule has 0 bridgehead atoms. The molecule has 7 heteroatoms. The van der Waals surface area contributed by atoms with Crippen molar-refractivity contribution in [3.63, 3.8) is 0 Å². The lowest BCUT2D eigenvalue weighted by Gasteiger charge is -2.04. The molecule has 0 aliphatic carbocycles. The monoisotopic (exact) mass is 300 g/mol. The van der Waals surface area contributed by atoms with Gasteiger partial charge in [-0.05, 0) is 22.9 Å². The van der Waals surface area contributed by atoms with Crippen LogP contribution >= 0.6 is 27.3 Å². The molecule has 0 aliphatic heterocycles. The van der Waals surface area contributed by atoms with Crippen molar-refractivity contribution in [2.45, 2.75) is 13.5 Å². The first-order chi connectivity index (χ1) is 7.58. The van der Waals surface area contributed by atoms with E-state index in [0.29, 0.717) is 21.8 Å². The first-order valence-electron chi connectivity index (χ1n) is 4.49. The Morgan fingerprint density at radius 2 is 2.38 bits per heavy atom. The number of halogens is 1. The highest BCUT2D eigenvalue weighted by Gasteiger charge is 2.07. The maximum atomic E-state index is 11.8. The van der Waals surface area contributed by atoms with E-state index in [1.165, 1.54) is 22.2 Å². The van der Waals surface area contributed by atoms with Crippen molar-refractivity contribution < 1.29 is 0 Å². The van der Waals surface area contributed by atoms with Crippen LogP contribution in [0.25, 0.3) is 0 Å². The van der Waals surface area contributed by atoms with Crippen LogP contribution in [0.15, 0.2) is 21.0 Å². The van der Waals surface area contributed by atoms with E-state index in [0.717, 1.165) is 5.69 Å². The lowest BCUT2D eigenvalue weighted by atomic mass is 10.4. The van der Waals surface area contributed by atoms with E-state index in [1.807, 2.05) is 5.38 Å². The first-order valence-corrected chi connectivity index (χ1v) is 6.16. The van der Waals surface area contributed by atoms with Gasteiger partial charge in [-0.15, -0.1) is 11.3 Å². The largest absolute Gasteiger partial charge is 0.375 e. The van der Waals surface area contributed by atoms with Crippen LogP contribution in [0.4, 0.5) is 5.13 Å². The quantitative estimate of drug-likeness (QED) is 0.910. The Morgan fingerprint density at radius 1 is 1.62 bits per heavy atom. The van der Waals surface area contributed by atoms with Crippen LogP contribution in [0.5, 0.6) is 0 Å². The maximum absolute atomic E-state index is 11.8. The third-order valence-electron chi connectivity index (χ3n) is 2.06. The number of hydrogen-bond acceptors (Lipinski definition) is 5. The van der Waals surface area contributed by atoms with Crippen LogP contribution in [0.1, 0.15) is 11.4 Å². The molecular weight excluding hydrogens is 292 g/mol. The third-order valence-corrected chi connectivity index (χ3v) is 3.69. The minimum absolute atomic E-state index is 0.112. The molecular formula is C9H9BrN4OS. The van der Waals surface area contributed by atoms with Crippen LogP contribution in [-0.2, 0) is 6.54 Å². The lowest BCUT2D eigenvalue weighted by Crippen LogP contribution is -2.22. The van der Waals surface area contributed by atoms with Crippen molar-refractivity contribution >= 4 is 32.4 Å². The summed E-state index contributed by atoms with van der Waals surface area (Å²) in [6.07, 6.45) is 1.51. The Labute approximate surface area is 104 Å². The van der Waals surface area contributed by atoms with Gasteiger partial charge in [0.25, 0.3) is 5.56 Å². The lowest BCUT2D eigenvalue weighted by molar-refractivity contribution is 0.712. The summed E-state index contributed by atoms with van der Waals surface area (Å²) in [7, 11) is 0. The number of aromatic nitrogens is 3. The number of anilines is 1. The number of nitrogen functional groups attached to an aromatic ring is 1. The van der Waals surface area contributed by atoms with E-state index in [2.05, 4.69) is 25.9 Å². The van der Waals surface area contributed by atoms with Crippen molar-refractivity contribution in [3.05, 3.63) is 37.9 Å². The Kier molecular flexibility index (Phi) is 3.06. The van der Waals surface area contributed by atoms with E-state index in [-0.39, 0.29) is 5.56 Å². The van der Waals surface area contributed by atoms with Crippen LogP contribution in [-0.4, -0.2) is 14.5 Å². The summed E-state index contributed by atoms with van der Waals surface area (Å²) in [5.41, 5.74) is 6.85. The van der Waals surface area contributed by atoms with Gasteiger partial charge < -0.3 is 5.73 Å². The predicted molar refractivity (Wildman–Crippen MR) is 66.6 cm³/mol. The molecule has 2 heterocycles. The molecule has 0 fully saturated rings. The molecule has 16 heavy (non-hydrogen) atoms. The molecule has 0 aliphatic rings. The van der Waals surface area contributed by atoms with Gasteiger partial charge in [0.05, 0.1) is 24.3 Å². The number of aryl methyl sites for hydroxylation is 1. The maximum Gasteiger partial charge on any atom is 0.268 e. The molecule has 0 radical (unpaired) electrons. The second-order valence-corrected chi connectivity index (χ2v) is 4.94. The molecule has 2 N–H and O–H groups in total. The molecule has 0 atom stereocenters. The van der Waals surface area contributed by atoms with Crippen molar-refractivity contribution in [2.24, 2.45) is 0 Å². The van der Waals surface area contributed by atoms with Gasteiger partial charge in [0.15, 0.2) is 5.13 Å². The second kappa shape index (κ2) is 4.34. The summed E-state index contributed by atoms with van der Waals surface area (Å²) < 4.78 is 1.98. The van der Waals surface area contributed by atoms with Gasteiger partial charge in [0.2, 0.25) is 0 Å². The number of rotatable bonds is 2. The van der Waals surface area contributed by atoms with Crippen LogP contribution in [0.3, 0.4) is 0 Å². The molecule has 2 aromatic rings. The molecule has 0 unspecified atom stereocenters. The smallest absolute Gasteiger partial charge is 0.268 e. The highest BCUT2D eigenvalue weighted by atomic mass is 79.9. The van der Waals surface area contributed by atoms with Gasteiger partial charge in [-0.3, -0.25) is 9.36 Å². The molecule has 0 amide bonds. The summed E-state index contributed by atoms with van der Waals surface area (Å²) in [6.45, 7) is 2.16. The highest BCUT2D eigenvalue weighted by molar-refractivity contribution is 9.10. The molecule has 2 rings (SSSR count). The van der Waals surface area contributed by atoms with Gasteiger partial charge in [0.1, 0.15) is 4.47 Å². The van der Waals surface area contributed by atoms with Crippen molar-refractivity contribution in [1.29, 1.82) is 0 Å².